The second kappa shape index (κ2) is 7.60. The zero-order chi connectivity index (χ0) is 12.5. The number of para-hydroxylation sites is 1. The van der Waals surface area contributed by atoms with Crippen molar-refractivity contribution in [1.82, 2.24) is 0 Å². The molecule has 0 aliphatic carbocycles. The third-order valence-corrected chi connectivity index (χ3v) is 2.32. The Morgan fingerprint density at radius 1 is 0.941 bits per heavy atom. The lowest BCUT2D eigenvalue weighted by atomic mass is 10.2. The van der Waals surface area contributed by atoms with Crippen LogP contribution in [0.3, 0.4) is 0 Å². The summed E-state index contributed by atoms with van der Waals surface area (Å²) in [5, 5.41) is 0. The van der Waals surface area contributed by atoms with Gasteiger partial charge < -0.3 is 9.27 Å². The first-order valence-electron chi connectivity index (χ1n) is 5.11. The first-order valence-corrected chi connectivity index (χ1v) is 6.18. The van der Waals surface area contributed by atoms with Crippen LogP contribution in [-0.4, -0.2) is 8.76 Å². The van der Waals surface area contributed by atoms with Gasteiger partial charge in [0.15, 0.2) is 0 Å². The van der Waals surface area contributed by atoms with E-state index >= 15 is 0 Å². The molecule has 0 heterocycles. The van der Waals surface area contributed by atoms with Crippen molar-refractivity contribution in [2.24, 2.45) is 0 Å². The van der Waals surface area contributed by atoms with Crippen LogP contribution in [0, 0.1) is 6.92 Å². The molecular weight excluding hydrogens is 234 g/mol. The molecule has 0 saturated heterocycles. The molecular formula is C13H14NO2S-. The predicted octanol–water partition coefficient (Wildman–Crippen LogP) is 2.89. The van der Waals surface area contributed by atoms with Gasteiger partial charge in [-0.2, -0.15) is 0 Å². The molecule has 90 valence electrons. The third kappa shape index (κ3) is 6.50. The van der Waals surface area contributed by atoms with Crippen molar-refractivity contribution in [1.29, 1.82) is 0 Å². The van der Waals surface area contributed by atoms with E-state index in [4.69, 9.17) is 0 Å². The summed E-state index contributed by atoms with van der Waals surface area (Å²) in [5.41, 5.74) is 1.90. The molecule has 4 heteroatoms. The molecule has 17 heavy (non-hydrogen) atoms. The highest BCUT2D eigenvalue weighted by Gasteiger charge is 1.84. The first kappa shape index (κ1) is 13.4. The lowest BCUT2D eigenvalue weighted by Crippen LogP contribution is -2.01. The monoisotopic (exact) mass is 248 g/mol. The Balaban J connectivity index is 0.000000181. The molecule has 3 nitrogen and oxygen atoms in total. The van der Waals surface area contributed by atoms with Crippen LogP contribution in [-0.2, 0) is 11.3 Å². The van der Waals surface area contributed by atoms with Gasteiger partial charge in [-0.05, 0) is 19.1 Å². The standard InChI is InChI=1S/C7H8.C6H7NO2S/c1-7-5-3-2-4-6-7;8-10(9)7-6-4-2-1-3-5-6/h2-6H,1H3;1-5,7H,(H,8,9)/p-1. The summed E-state index contributed by atoms with van der Waals surface area (Å²) in [6.45, 7) is 2.08. The van der Waals surface area contributed by atoms with Crippen molar-refractivity contribution in [3.05, 3.63) is 66.2 Å². The molecule has 2 aromatic rings. The van der Waals surface area contributed by atoms with Gasteiger partial charge in [0.2, 0.25) is 0 Å². The second-order valence-electron chi connectivity index (χ2n) is 3.36. The van der Waals surface area contributed by atoms with Crippen molar-refractivity contribution in [2.45, 2.75) is 6.92 Å². The molecule has 0 fully saturated rings. The summed E-state index contributed by atoms with van der Waals surface area (Å²) >= 11 is -2.22. The fraction of sp³-hybridized carbons (Fsp3) is 0.0769. The van der Waals surface area contributed by atoms with Crippen LogP contribution in [0.25, 0.3) is 0 Å². The fourth-order valence-corrected chi connectivity index (χ4v) is 1.47. The molecule has 0 spiro atoms. The molecule has 0 aliphatic heterocycles. The quantitative estimate of drug-likeness (QED) is 0.831. The van der Waals surface area contributed by atoms with Crippen molar-refractivity contribution >= 4 is 17.0 Å². The number of aryl methyl sites for hydroxylation is 1. The molecule has 0 bridgehead atoms. The minimum absolute atomic E-state index is 0.579. The van der Waals surface area contributed by atoms with Gasteiger partial charge in [0, 0.05) is 17.0 Å². The van der Waals surface area contributed by atoms with Crippen LogP contribution in [0.1, 0.15) is 5.56 Å². The van der Waals surface area contributed by atoms with E-state index in [0.717, 1.165) is 0 Å². The van der Waals surface area contributed by atoms with Gasteiger partial charge in [-0.1, -0.05) is 54.1 Å². The van der Waals surface area contributed by atoms with Gasteiger partial charge in [0.1, 0.15) is 0 Å². The molecule has 1 unspecified atom stereocenters. The maximum Gasteiger partial charge on any atom is 0.0452 e. The number of anilines is 1. The number of hydrogen-bond acceptors (Lipinski definition) is 2. The van der Waals surface area contributed by atoms with Crippen molar-refractivity contribution in [3.8, 4) is 0 Å². The van der Waals surface area contributed by atoms with Crippen LogP contribution < -0.4 is 4.72 Å². The molecule has 2 rings (SSSR count). The summed E-state index contributed by atoms with van der Waals surface area (Å²) in [6.07, 6.45) is 0. The Hall–Kier alpha value is -1.65. The molecule has 2 aromatic carbocycles. The van der Waals surface area contributed by atoms with E-state index in [9.17, 15) is 8.76 Å². The number of hydrogen-bond donors (Lipinski definition) is 1. The van der Waals surface area contributed by atoms with Gasteiger partial charge in [-0.25, -0.2) is 0 Å². The van der Waals surface area contributed by atoms with Crippen LogP contribution in [0.15, 0.2) is 60.7 Å². The highest BCUT2D eigenvalue weighted by atomic mass is 32.2. The Labute approximate surface area is 104 Å². The Morgan fingerprint density at radius 3 is 1.76 bits per heavy atom. The molecule has 0 radical (unpaired) electrons. The lowest BCUT2D eigenvalue weighted by molar-refractivity contribution is 0.542. The van der Waals surface area contributed by atoms with Crippen molar-refractivity contribution in [2.75, 3.05) is 4.72 Å². The normalized spacial score (nSPS) is 10.9. The highest BCUT2D eigenvalue weighted by molar-refractivity contribution is 7.80. The highest BCUT2D eigenvalue weighted by Crippen LogP contribution is 2.04. The Kier molecular flexibility index (Phi) is 5.99. The van der Waals surface area contributed by atoms with E-state index < -0.39 is 11.3 Å². The summed E-state index contributed by atoms with van der Waals surface area (Å²) in [5.74, 6) is 0. The first-order chi connectivity index (χ1) is 8.18. The average molecular weight is 248 g/mol. The van der Waals surface area contributed by atoms with Crippen LogP contribution in [0.2, 0.25) is 0 Å². The SMILES string of the molecule is Cc1ccccc1.O=S([O-])Nc1ccccc1. The van der Waals surface area contributed by atoms with E-state index in [2.05, 4.69) is 23.8 Å². The number of nitrogens with one attached hydrogen (secondary N) is 1. The van der Waals surface area contributed by atoms with E-state index in [1.54, 1.807) is 24.3 Å². The Morgan fingerprint density at radius 2 is 1.41 bits per heavy atom. The maximum atomic E-state index is 10.1. The van der Waals surface area contributed by atoms with Crippen LogP contribution >= 0.6 is 0 Å². The summed E-state index contributed by atoms with van der Waals surface area (Å²) in [4.78, 5) is 0. The fourth-order valence-electron chi connectivity index (χ4n) is 1.14. The van der Waals surface area contributed by atoms with E-state index in [0.29, 0.717) is 5.69 Å². The molecule has 1 atom stereocenters. The largest absolute Gasteiger partial charge is 0.755 e. The van der Waals surface area contributed by atoms with Gasteiger partial charge in [0.05, 0.1) is 0 Å². The average Bonchev–Trinajstić information content (AvgIpc) is 2.31. The molecule has 1 N–H and O–H groups in total. The van der Waals surface area contributed by atoms with Crippen LogP contribution in [0.4, 0.5) is 5.69 Å². The van der Waals surface area contributed by atoms with Gasteiger partial charge in [0.25, 0.3) is 0 Å². The minimum Gasteiger partial charge on any atom is -0.755 e. The summed E-state index contributed by atoms with van der Waals surface area (Å²) in [6, 6.07) is 19.0. The predicted molar refractivity (Wildman–Crippen MR) is 70.2 cm³/mol. The van der Waals surface area contributed by atoms with Gasteiger partial charge >= 0.3 is 0 Å². The summed E-state index contributed by atoms with van der Waals surface area (Å²) < 4.78 is 22.3. The molecule has 0 amide bonds. The van der Waals surface area contributed by atoms with E-state index in [1.807, 2.05) is 24.3 Å². The Bertz CT molecular complexity index is 445. The molecule has 0 aliphatic rings. The van der Waals surface area contributed by atoms with Gasteiger partial charge in [-0.15, -0.1) is 0 Å². The van der Waals surface area contributed by atoms with Crippen molar-refractivity contribution in [3.63, 3.8) is 0 Å². The second-order valence-corrected chi connectivity index (χ2v) is 4.03. The number of benzene rings is 2. The molecule has 0 aromatic heterocycles. The van der Waals surface area contributed by atoms with Gasteiger partial charge in [-0.3, -0.25) is 4.21 Å². The van der Waals surface area contributed by atoms with E-state index in [1.165, 1.54) is 5.56 Å². The lowest BCUT2D eigenvalue weighted by Gasteiger charge is -2.06. The topological polar surface area (TPSA) is 52.2 Å². The van der Waals surface area contributed by atoms with Crippen LogP contribution in [0.5, 0.6) is 0 Å². The zero-order valence-electron chi connectivity index (χ0n) is 9.50. The van der Waals surface area contributed by atoms with Crippen molar-refractivity contribution < 1.29 is 8.76 Å². The molecule has 0 saturated carbocycles. The minimum atomic E-state index is -2.22. The number of rotatable bonds is 2. The smallest absolute Gasteiger partial charge is 0.0452 e. The maximum absolute atomic E-state index is 10.1. The zero-order valence-corrected chi connectivity index (χ0v) is 10.3. The van der Waals surface area contributed by atoms with E-state index in [-0.39, 0.29) is 0 Å². The summed E-state index contributed by atoms with van der Waals surface area (Å²) in [7, 11) is 0. The third-order valence-electron chi connectivity index (χ3n) is 1.92.